The van der Waals surface area contributed by atoms with Crippen molar-refractivity contribution in [1.82, 2.24) is 14.6 Å². The van der Waals surface area contributed by atoms with E-state index in [1.54, 1.807) is 23.0 Å². The van der Waals surface area contributed by atoms with Gasteiger partial charge in [0.05, 0.1) is 12.4 Å². The minimum absolute atomic E-state index is 0.258. The van der Waals surface area contributed by atoms with Gasteiger partial charge < -0.3 is 0 Å². The Labute approximate surface area is 105 Å². The quantitative estimate of drug-likeness (QED) is 0.689. The Kier molecular flexibility index (Phi) is 2.40. The zero-order valence-electron chi connectivity index (χ0n) is 8.64. The van der Waals surface area contributed by atoms with Crippen LogP contribution in [0, 0.1) is 5.82 Å². The van der Waals surface area contributed by atoms with Crippen LogP contribution in [-0.4, -0.2) is 14.6 Å². The predicted octanol–water partition coefficient (Wildman–Crippen LogP) is 3.30. The third kappa shape index (κ3) is 1.82. The number of hydrogen-bond acceptors (Lipinski definition) is 2. The van der Waals surface area contributed by atoms with Crippen LogP contribution in [0.2, 0.25) is 0 Å². The maximum atomic E-state index is 13.1. The van der Waals surface area contributed by atoms with Crippen molar-refractivity contribution < 1.29 is 4.39 Å². The number of imidazole rings is 1. The van der Waals surface area contributed by atoms with Gasteiger partial charge in [-0.05, 0) is 39.7 Å². The molecule has 0 unspecified atom stereocenters. The predicted molar refractivity (Wildman–Crippen MR) is 66.1 cm³/mol. The Morgan fingerprint density at radius 3 is 2.82 bits per heavy atom. The molecule has 0 aliphatic rings. The average molecular weight is 292 g/mol. The molecule has 3 nitrogen and oxygen atoms in total. The molecular formula is C12H7BrFN3. The first-order valence-electron chi connectivity index (χ1n) is 4.99. The molecule has 84 valence electrons. The van der Waals surface area contributed by atoms with E-state index in [9.17, 15) is 4.39 Å². The first-order chi connectivity index (χ1) is 8.24. The summed E-state index contributed by atoms with van der Waals surface area (Å²) in [6.07, 6.45) is 3.37. The summed E-state index contributed by atoms with van der Waals surface area (Å²) in [4.78, 5) is 4.19. The molecule has 0 amide bonds. The van der Waals surface area contributed by atoms with E-state index in [-0.39, 0.29) is 5.82 Å². The highest BCUT2D eigenvalue weighted by atomic mass is 79.9. The summed E-state index contributed by atoms with van der Waals surface area (Å²) in [5.41, 5.74) is 2.35. The lowest BCUT2D eigenvalue weighted by Gasteiger charge is -2.02. The van der Waals surface area contributed by atoms with E-state index in [0.717, 1.165) is 21.4 Å². The molecule has 0 aliphatic carbocycles. The second-order valence-corrected chi connectivity index (χ2v) is 4.42. The van der Waals surface area contributed by atoms with E-state index in [2.05, 4.69) is 26.0 Å². The molecule has 3 rings (SSSR count). The van der Waals surface area contributed by atoms with E-state index in [4.69, 9.17) is 0 Å². The molecule has 0 aliphatic heterocycles. The SMILES string of the molecule is Fc1cccc(-c2cnn3c(Br)cnc3c2)c1. The number of aromatic nitrogens is 3. The van der Waals surface area contributed by atoms with Gasteiger partial charge in [0.1, 0.15) is 10.4 Å². The van der Waals surface area contributed by atoms with Gasteiger partial charge in [0.2, 0.25) is 0 Å². The molecule has 1 aromatic carbocycles. The van der Waals surface area contributed by atoms with Crippen molar-refractivity contribution in [3.8, 4) is 11.1 Å². The highest BCUT2D eigenvalue weighted by molar-refractivity contribution is 9.10. The lowest BCUT2D eigenvalue weighted by molar-refractivity contribution is 0.628. The fraction of sp³-hybridized carbons (Fsp3) is 0. The van der Waals surface area contributed by atoms with Crippen LogP contribution in [0.5, 0.6) is 0 Å². The summed E-state index contributed by atoms with van der Waals surface area (Å²) >= 11 is 3.34. The Balaban J connectivity index is 2.18. The maximum Gasteiger partial charge on any atom is 0.155 e. The largest absolute Gasteiger partial charge is 0.234 e. The lowest BCUT2D eigenvalue weighted by atomic mass is 10.1. The lowest BCUT2D eigenvalue weighted by Crippen LogP contribution is -1.92. The molecule has 17 heavy (non-hydrogen) atoms. The van der Waals surface area contributed by atoms with Gasteiger partial charge >= 0.3 is 0 Å². The zero-order chi connectivity index (χ0) is 11.8. The molecule has 0 saturated heterocycles. The smallest absolute Gasteiger partial charge is 0.155 e. The number of fused-ring (bicyclic) bond motifs is 1. The third-order valence-corrected chi connectivity index (χ3v) is 3.02. The first kappa shape index (κ1) is 10.4. The highest BCUT2D eigenvalue weighted by Crippen LogP contribution is 2.21. The zero-order valence-corrected chi connectivity index (χ0v) is 10.2. The van der Waals surface area contributed by atoms with Crippen molar-refractivity contribution in [3.05, 3.63) is 53.1 Å². The van der Waals surface area contributed by atoms with Crippen molar-refractivity contribution in [3.63, 3.8) is 0 Å². The monoisotopic (exact) mass is 291 g/mol. The molecule has 0 radical (unpaired) electrons. The molecule has 5 heteroatoms. The van der Waals surface area contributed by atoms with Gasteiger partial charge in [-0.25, -0.2) is 13.9 Å². The summed E-state index contributed by atoms with van der Waals surface area (Å²) in [6, 6.07) is 8.28. The Hall–Kier alpha value is -1.75. The molecule has 2 aromatic heterocycles. The molecule has 0 bridgehead atoms. The van der Waals surface area contributed by atoms with Crippen molar-refractivity contribution >= 4 is 21.6 Å². The van der Waals surface area contributed by atoms with Gasteiger partial charge in [-0.15, -0.1) is 0 Å². The van der Waals surface area contributed by atoms with Gasteiger partial charge in [-0.1, -0.05) is 12.1 Å². The van der Waals surface area contributed by atoms with E-state index >= 15 is 0 Å². The van der Waals surface area contributed by atoms with Crippen LogP contribution < -0.4 is 0 Å². The molecule has 0 N–H and O–H groups in total. The fourth-order valence-electron chi connectivity index (χ4n) is 1.67. The normalized spacial score (nSPS) is 10.9. The van der Waals surface area contributed by atoms with Gasteiger partial charge in [0.15, 0.2) is 5.65 Å². The summed E-state index contributed by atoms with van der Waals surface area (Å²) in [5, 5.41) is 4.23. The standard InChI is InChI=1S/C12H7BrFN3/c13-11-7-15-12-5-9(6-16-17(11)12)8-2-1-3-10(14)4-8/h1-7H. The Morgan fingerprint density at radius 1 is 1.12 bits per heavy atom. The van der Waals surface area contributed by atoms with Gasteiger partial charge in [0, 0.05) is 5.56 Å². The maximum absolute atomic E-state index is 13.1. The van der Waals surface area contributed by atoms with Crippen LogP contribution in [0.15, 0.2) is 47.3 Å². The van der Waals surface area contributed by atoms with Crippen molar-refractivity contribution in [2.24, 2.45) is 0 Å². The summed E-state index contributed by atoms with van der Waals surface area (Å²) in [7, 11) is 0. The Morgan fingerprint density at radius 2 is 2.00 bits per heavy atom. The van der Waals surface area contributed by atoms with Gasteiger partial charge in [-0.3, -0.25) is 0 Å². The van der Waals surface area contributed by atoms with E-state index in [1.807, 2.05) is 12.1 Å². The minimum Gasteiger partial charge on any atom is -0.234 e. The Bertz CT molecular complexity index is 693. The molecule has 0 saturated carbocycles. The first-order valence-corrected chi connectivity index (χ1v) is 5.78. The van der Waals surface area contributed by atoms with Gasteiger partial charge in [-0.2, -0.15) is 5.10 Å². The molecule has 2 heterocycles. The molecular weight excluding hydrogens is 285 g/mol. The topological polar surface area (TPSA) is 30.2 Å². The van der Waals surface area contributed by atoms with Crippen molar-refractivity contribution in [2.45, 2.75) is 0 Å². The number of halogens is 2. The number of benzene rings is 1. The van der Waals surface area contributed by atoms with Gasteiger partial charge in [0.25, 0.3) is 0 Å². The van der Waals surface area contributed by atoms with E-state index in [0.29, 0.717) is 0 Å². The highest BCUT2D eigenvalue weighted by Gasteiger charge is 2.05. The average Bonchev–Trinajstić information content (AvgIpc) is 2.71. The summed E-state index contributed by atoms with van der Waals surface area (Å²) in [5.74, 6) is -0.258. The third-order valence-electron chi connectivity index (χ3n) is 2.48. The molecule has 0 atom stereocenters. The van der Waals surface area contributed by atoms with Crippen LogP contribution >= 0.6 is 15.9 Å². The van der Waals surface area contributed by atoms with E-state index in [1.165, 1.54) is 12.1 Å². The van der Waals surface area contributed by atoms with Crippen molar-refractivity contribution in [2.75, 3.05) is 0 Å². The molecule has 0 fully saturated rings. The van der Waals surface area contributed by atoms with Crippen LogP contribution in [0.25, 0.3) is 16.8 Å². The van der Waals surface area contributed by atoms with Crippen LogP contribution in [0.4, 0.5) is 4.39 Å². The minimum atomic E-state index is -0.258. The summed E-state index contributed by atoms with van der Waals surface area (Å²) < 4.78 is 15.6. The fourth-order valence-corrected chi connectivity index (χ4v) is 2.05. The number of rotatable bonds is 1. The van der Waals surface area contributed by atoms with E-state index < -0.39 is 0 Å². The van der Waals surface area contributed by atoms with Crippen molar-refractivity contribution in [1.29, 1.82) is 0 Å². The van der Waals surface area contributed by atoms with Crippen LogP contribution in [0.3, 0.4) is 0 Å². The van der Waals surface area contributed by atoms with Crippen LogP contribution in [0.1, 0.15) is 0 Å². The molecule has 0 spiro atoms. The second kappa shape index (κ2) is 3.92. The number of nitrogens with zero attached hydrogens (tertiary/aromatic N) is 3. The summed E-state index contributed by atoms with van der Waals surface area (Å²) in [6.45, 7) is 0. The number of hydrogen-bond donors (Lipinski definition) is 0. The van der Waals surface area contributed by atoms with Crippen LogP contribution in [-0.2, 0) is 0 Å². The second-order valence-electron chi connectivity index (χ2n) is 3.61. The molecule has 3 aromatic rings.